The molecule has 0 radical (unpaired) electrons. The number of carbonyl (C=O) groups is 2. The second-order valence-corrected chi connectivity index (χ2v) is 7.72. The molecule has 2 heterocycles. The van der Waals surface area contributed by atoms with E-state index < -0.39 is 0 Å². The highest BCUT2D eigenvalue weighted by atomic mass is 127. The van der Waals surface area contributed by atoms with E-state index in [1.807, 2.05) is 24.0 Å². The lowest BCUT2D eigenvalue weighted by molar-refractivity contribution is -0.128. The molecule has 2 aliphatic rings. The van der Waals surface area contributed by atoms with E-state index in [9.17, 15) is 9.59 Å². The van der Waals surface area contributed by atoms with Crippen molar-refractivity contribution in [2.75, 3.05) is 33.3 Å². The standard InChI is InChI=1S/C22H33N5O3.HI/c1-3-30-22(29)26-13-10-19(11-14-26)25-21(23-2)24-15-17-7-4-5-8-18(17)16-27-12-6-9-20(27)28;/h4-5,7-8,19H,3,6,9-16H2,1-2H3,(H2,23,24,25);1H. The van der Waals surface area contributed by atoms with Crippen molar-refractivity contribution >= 4 is 41.9 Å². The van der Waals surface area contributed by atoms with E-state index in [0.29, 0.717) is 39.2 Å². The quantitative estimate of drug-likeness (QED) is 0.328. The number of carbonyl (C=O) groups excluding carboxylic acids is 2. The van der Waals surface area contributed by atoms with Crippen molar-refractivity contribution in [3.05, 3.63) is 35.4 Å². The Labute approximate surface area is 201 Å². The van der Waals surface area contributed by atoms with E-state index in [0.717, 1.165) is 37.3 Å². The van der Waals surface area contributed by atoms with E-state index >= 15 is 0 Å². The molecule has 0 atom stereocenters. The SMILES string of the molecule is CCOC(=O)N1CCC(NC(=NC)NCc2ccccc2CN2CCCC2=O)CC1.I. The molecule has 31 heavy (non-hydrogen) atoms. The normalized spacial score (nSPS) is 17.4. The molecule has 0 saturated carbocycles. The fraction of sp³-hybridized carbons (Fsp3) is 0.591. The number of amides is 2. The van der Waals surface area contributed by atoms with Crippen LogP contribution >= 0.6 is 24.0 Å². The molecule has 0 aromatic heterocycles. The minimum Gasteiger partial charge on any atom is -0.450 e. The molecule has 172 valence electrons. The van der Waals surface area contributed by atoms with Gasteiger partial charge in [0.05, 0.1) is 6.61 Å². The number of likely N-dealkylation sites (tertiary alicyclic amines) is 2. The van der Waals surface area contributed by atoms with Crippen LogP contribution in [0.5, 0.6) is 0 Å². The van der Waals surface area contributed by atoms with Gasteiger partial charge in [-0.2, -0.15) is 0 Å². The molecule has 2 amide bonds. The van der Waals surface area contributed by atoms with Gasteiger partial charge in [-0.3, -0.25) is 9.79 Å². The number of hydrogen-bond acceptors (Lipinski definition) is 4. The summed E-state index contributed by atoms with van der Waals surface area (Å²) >= 11 is 0. The summed E-state index contributed by atoms with van der Waals surface area (Å²) in [5.74, 6) is 0.987. The number of rotatable bonds is 6. The second kappa shape index (κ2) is 12.7. The van der Waals surface area contributed by atoms with Gasteiger partial charge in [0.15, 0.2) is 5.96 Å². The van der Waals surface area contributed by atoms with Gasteiger partial charge in [-0.25, -0.2) is 4.79 Å². The van der Waals surface area contributed by atoms with E-state index in [4.69, 9.17) is 4.74 Å². The molecular weight excluding hydrogens is 509 g/mol. The third kappa shape index (κ3) is 7.26. The van der Waals surface area contributed by atoms with Gasteiger partial charge < -0.3 is 25.2 Å². The first kappa shape index (κ1) is 25.2. The number of hydrogen-bond donors (Lipinski definition) is 2. The summed E-state index contributed by atoms with van der Waals surface area (Å²) in [5, 5.41) is 6.86. The first-order chi connectivity index (χ1) is 14.6. The third-order valence-electron chi connectivity index (χ3n) is 5.68. The number of halogens is 1. The summed E-state index contributed by atoms with van der Waals surface area (Å²) in [6.07, 6.45) is 3.09. The summed E-state index contributed by atoms with van der Waals surface area (Å²) in [4.78, 5) is 31.9. The molecule has 0 spiro atoms. The molecule has 2 fully saturated rings. The monoisotopic (exact) mass is 543 g/mol. The van der Waals surface area contributed by atoms with Crippen LogP contribution in [0.1, 0.15) is 43.7 Å². The van der Waals surface area contributed by atoms with E-state index in [1.54, 1.807) is 11.9 Å². The maximum absolute atomic E-state index is 12.0. The fourth-order valence-corrected chi connectivity index (χ4v) is 3.95. The van der Waals surface area contributed by atoms with Gasteiger partial charge in [-0.15, -0.1) is 24.0 Å². The summed E-state index contributed by atoms with van der Waals surface area (Å²) in [6.45, 7) is 5.73. The first-order valence-electron chi connectivity index (χ1n) is 10.8. The zero-order valence-corrected chi connectivity index (χ0v) is 20.8. The van der Waals surface area contributed by atoms with Crippen molar-refractivity contribution in [1.82, 2.24) is 20.4 Å². The lowest BCUT2D eigenvalue weighted by atomic mass is 10.1. The number of ether oxygens (including phenoxy) is 1. The van der Waals surface area contributed by atoms with Gasteiger partial charge >= 0.3 is 6.09 Å². The Kier molecular flexibility index (Phi) is 10.4. The Morgan fingerprint density at radius 1 is 1.19 bits per heavy atom. The minimum atomic E-state index is -0.230. The topological polar surface area (TPSA) is 86.3 Å². The maximum atomic E-state index is 12.0. The second-order valence-electron chi connectivity index (χ2n) is 7.72. The molecule has 8 nitrogen and oxygen atoms in total. The van der Waals surface area contributed by atoms with Crippen molar-refractivity contribution < 1.29 is 14.3 Å². The van der Waals surface area contributed by atoms with E-state index in [2.05, 4.69) is 27.8 Å². The summed E-state index contributed by atoms with van der Waals surface area (Å²) < 4.78 is 5.08. The highest BCUT2D eigenvalue weighted by molar-refractivity contribution is 14.0. The lowest BCUT2D eigenvalue weighted by Gasteiger charge is -2.32. The van der Waals surface area contributed by atoms with Crippen molar-refractivity contribution in [1.29, 1.82) is 0 Å². The molecule has 0 unspecified atom stereocenters. The highest BCUT2D eigenvalue weighted by Crippen LogP contribution is 2.17. The van der Waals surface area contributed by atoms with Crippen LogP contribution in [0.15, 0.2) is 29.3 Å². The van der Waals surface area contributed by atoms with Crippen LogP contribution in [0, 0.1) is 0 Å². The molecule has 1 aromatic carbocycles. The van der Waals surface area contributed by atoms with Crippen molar-refractivity contribution in [2.24, 2.45) is 4.99 Å². The Hall–Kier alpha value is -2.04. The molecule has 0 aliphatic carbocycles. The summed E-state index contributed by atoms with van der Waals surface area (Å²) in [7, 11) is 1.76. The molecule has 0 bridgehead atoms. The largest absolute Gasteiger partial charge is 0.450 e. The Bertz CT molecular complexity index is 765. The highest BCUT2D eigenvalue weighted by Gasteiger charge is 2.24. The smallest absolute Gasteiger partial charge is 0.409 e. The van der Waals surface area contributed by atoms with Gasteiger partial charge in [0.1, 0.15) is 0 Å². The number of guanidine groups is 1. The zero-order chi connectivity index (χ0) is 21.3. The molecule has 9 heteroatoms. The van der Waals surface area contributed by atoms with Crippen LogP contribution in [0.3, 0.4) is 0 Å². The Morgan fingerprint density at radius 2 is 1.90 bits per heavy atom. The van der Waals surface area contributed by atoms with Crippen LogP contribution in [0.2, 0.25) is 0 Å². The number of nitrogens with zero attached hydrogens (tertiary/aromatic N) is 3. The lowest BCUT2D eigenvalue weighted by Crippen LogP contribution is -2.49. The van der Waals surface area contributed by atoms with Gasteiger partial charge in [0.25, 0.3) is 0 Å². The molecule has 2 aliphatic heterocycles. The van der Waals surface area contributed by atoms with Gasteiger partial charge in [-0.1, -0.05) is 24.3 Å². The molecular formula is C22H34IN5O3. The van der Waals surface area contributed by atoms with Crippen LogP contribution < -0.4 is 10.6 Å². The van der Waals surface area contributed by atoms with E-state index in [-0.39, 0.29) is 42.0 Å². The van der Waals surface area contributed by atoms with Crippen LogP contribution in [-0.2, 0) is 22.6 Å². The predicted octanol–water partition coefficient (Wildman–Crippen LogP) is 2.71. The fourth-order valence-electron chi connectivity index (χ4n) is 3.95. The number of aliphatic imine (C=N–C) groups is 1. The number of benzene rings is 1. The predicted molar refractivity (Wildman–Crippen MR) is 131 cm³/mol. The summed E-state index contributed by atoms with van der Waals surface area (Å²) in [5.41, 5.74) is 2.33. The van der Waals surface area contributed by atoms with Crippen molar-refractivity contribution in [2.45, 2.75) is 51.7 Å². The first-order valence-corrected chi connectivity index (χ1v) is 10.8. The summed E-state index contributed by atoms with van der Waals surface area (Å²) in [6, 6.07) is 8.48. The van der Waals surface area contributed by atoms with Gasteiger partial charge in [0, 0.05) is 52.2 Å². The Morgan fingerprint density at radius 3 is 2.52 bits per heavy atom. The van der Waals surface area contributed by atoms with Crippen LogP contribution in [0.25, 0.3) is 0 Å². The maximum Gasteiger partial charge on any atom is 0.409 e. The van der Waals surface area contributed by atoms with Gasteiger partial charge in [-0.05, 0) is 37.3 Å². The van der Waals surface area contributed by atoms with Crippen LogP contribution in [-0.4, -0.2) is 67.1 Å². The van der Waals surface area contributed by atoms with Crippen LogP contribution in [0.4, 0.5) is 4.79 Å². The minimum absolute atomic E-state index is 0. The van der Waals surface area contributed by atoms with Crippen molar-refractivity contribution in [3.8, 4) is 0 Å². The average Bonchev–Trinajstić information content (AvgIpc) is 3.17. The third-order valence-corrected chi connectivity index (χ3v) is 5.68. The number of piperidine rings is 1. The Balaban J connectivity index is 0.00000341. The van der Waals surface area contributed by atoms with Crippen molar-refractivity contribution in [3.63, 3.8) is 0 Å². The zero-order valence-electron chi connectivity index (χ0n) is 18.4. The average molecular weight is 543 g/mol. The molecule has 1 aromatic rings. The molecule has 2 N–H and O–H groups in total. The molecule has 3 rings (SSSR count). The van der Waals surface area contributed by atoms with Gasteiger partial charge in [0.2, 0.25) is 5.91 Å². The molecule has 2 saturated heterocycles. The number of nitrogens with one attached hydrogen (secondary N) is 2. The van der Waals surface area contributed by atoms with E-state index in [1.165, 1.54) is 5.56 Å².